The summed E-state index contributed by atoms with van der Waals surface area (Å²) in [5.74, 6) is 3.55. The Morgan fingerprint density at radius 2 is 1.25 bits per heavy atom. The van der Waals surface area contributed by atoms with Gasteiger partial charge in [0.05, 0.1) is 21.3 Å². The molecule has 52 heavy (non-hydrogen) atoms. The van der Waals surface area contributed by atoms with Gasteiger partial charge >= 0.3 is 0 Å². The molecule has 1 fully saturated rings. The van der Waals surface area contributed by atoms with E-state index in [1.54, 1.807) is 14.2 Å². The Bertz CT molecular complexity index is 2190. The zero-order valence-electron chi connectivity index (χ0n) is 31.7. The van der Waals surface area contributed by atoms with E-state index in [1.807, 2.05) is 31.4 Å². The highest BCUT2D eigenvalue weighted by atomic mass is 16.5. The molecule has 3 aliphatic carbocycles. The summed E-state index contributed by atoms with van der Waals surface area (Å²) in [4.78, 5) is 0. The molecule has 4 nitrogen and oxygen atoms in total. The fourth-order valence-electron chi connectivity index (χ4n) is 11.4. The van der Waals surface area contributed by atoms with Crippen molar-refractivity contribution in [3.63, 3.8) is 0 Å². The van der Waals surface area contributed by atoms with Crippen molar-refractivity contribution in [2.75, 3.05) is 21.3 Å². The molecule has 0 atom stereocenters. The number of ether oxygens (including phenoxy) is 4. The maximum absolute atomic E-state index is 7.78. The molecule has 1 heterocycles. The average molecular weight is 691 g/mol. The Balaban J connectivity index is 1.42. The van der Waals surface area contributed by atoms with Crippen LogP contribution in [-0.4, -0.2) is 21.3 Å². The number of hydrogen-bond donors (Lipinski definition) is 0. The first kappa shape index (κ1) is 33.2. The SMILES string of the molecule is COc1ccc(C2(c3ccc(OC)cc3)C=Cc3c4c(c5c6c(c(OC)cc5c3O2)CCCC6)-c2ccccc2C42CC(C)(C)CC(C)(C)C2)cc1. The molecule has 0 unspecified atom stereocenters. The van der Waals surface area contributed by atoms with Crippen LogP contribution in [0, 0.1) is 10.8 Å². The molecule has 0 radical (unpaired) electrons. The summed E-state index contributed by atoms with van der Waals surface area (Å²) in [6, 6.07) is 28.3. The Morgan fingerprint density at radius 1 is 0.654 bits per heavy atom. The molecule has 266 valence electrons. The van der Waals surface area contributed by atoms with Crippen molar-refractivity contribution in [1.29, 1.82) is 0 Å². The monoisotopic (exact) mass is 690 g/mol. The molecule has 0 amide bonds. The highest BCUT2D eigenvalue weighted by Gasteiger charge is 2.55. The first-order valence-electron chi connectivity index (χ1n) is 19.0. The van der Waals surface area contributed by atoms with E-state index in [9.17, 15) is 0 Å². The normalized spacial score (nSPS) is 19.6. The summed E-state index contributed by atoms with van der Waals surface area (Å²) in [7, 11) is 5.25. The summed E-state index contributed by atoms with van der Waals surface area (Å²) in [5, 5.41) is 2.51. The lowest BCUT2D eigenvalue weighted by atomic mass is 9.52. The minimum Gasteiger partial charge on any atom is -0.497 e. The van der Waals surface area contributed by atoms with E-state index in [4.69, 9.17) is 18.9 Å². The number of aryl methyl sites for hydroxylation is 1. The molecule has 1 saturated carbocycles. The molecule has 9 rings (SSSR count). The van der Waals surface area contributed by atoms with E-state index < -0.39 is 5.60 Å². The highest BCUT2D eigenvalue weighted by molar-refractivity contribution is 6.11. The van der Waals surface area contributed by atoms with Gasteiger partial charge in [0.25, 0.3) is 0 Å². The van der Waals surface area contributed by atoms with Gasteiger partial charge in [0, 0.05) is 27.5 Å². The second kappa shape index (κ2) is 11.7. The number of methoxy groups -OCH3 is 3. The van der Waals surface area contributed by atoms with Crippen molar-refractivity contribution < 1.29 is 18.9 Å². The van der Waals surface area contributed by atoms with Gasteiger partial charge in [-0.15, -0.1) is 0 Å². The van der Waals surface area contributed by atoms with Crippen LogP contribution in [-0.2, 0) is 23.9 Å². The van der Waals surface area contributed by atoms with Crippen LogP contribution in [0.2, 0.25) is 0 Å². The Labute approximate surface area is 308 Å². The molecule has 0 saturated heterocycles. The Hall–Kier alpha value is -4.70. The third-order valence-corrected chi connectivity index (χ3v) is 12.6. The second-order valence-electron chi connectivity index (χ2n) is 17.3. The van der Waals surface area contributed by atoms with E-state index in [0.29, 0.717) is 0 Å². The maximum atomic E-state index is 7.78. The van der Waals surface area contributed by atoms with Crippen molar-refractivity contribution in [2.24, 2.45) is 10.8 Å². The fourth-order valence-corrected chi connectivity index (χ4v) is 11.4. The van der Waals surface area contributed by atoms with Crippen molar-refractivity contribution in [2.45, 2.75) is 83.7 Å². The van der Waals surface area contributed by atoms with E-state index >= 15 is 0 Å². The van der Waals surface area contributed by atoms with Gasteiger partial charge in [-0.3, -0.25) is 0 Å². The lowest BCUT2D eigenvalue weighted by Crippen LogP contribution is -2.44. The topological polar surface area (TPSA) is 36.9 Å². The van der Waals surface area contributed by atoms with E-state index in [2.05, 4.69) is 94.4 Å². The third kappa shape index (κ3) is 4.79. The minimum absolute atomic E-state index is 0.148. The lowest BCUT2D eigenvalue weighted by Gasteiger charge is -2.52. The van der Waals surface area contributed by atoms with Crippen LogP contribution < -0.4 is 18.9 Å². The van der Waals surface area contributed by atoms with Crippen LogP contribution >= 0.6 is 0 Å². The zero-order valence-corrected chi connectivity index (χ0v) is 31.7. The lowest BCUT2D eigenvalue weighted by molar-refractivity contribution is 0.0642. The molecular weight excluding hydrogens is 641 g/mol. The summed E-state index contributed by atoms with van der Waals surface area (Å²) >= 11 is 0. The van der Waals surface area contributed by atoms with Crippen molar-refractivity contribution in [3.8, 4) is 34.1 Å². The Kier molecular flexibility index (Phi) is 7.43. The molecule has 1 spiro atoms. The van der Waals surface area contributed by atoms with Crippen LogP contribution in [0.25, 0.3) is 28.0 Å². The average Bonchev–Trinajstić information content (AvgIpc) is 3.41. The number of fused-ring (bicyclic) bond motifs is 12. The molecule has 5 aromatic rings. The van der Waals surface area contributed by atoms with Gasteiger partial charge in [-0.1, -0.05) is 82.3 Å². The second-order valence-corrected chi connectivity index (χ2v) is 17.3. The number of hydrogen-bond acceptors (Lipinski definition) is 4. The summed E-state index contributed by atoms with van der Waals surface area (Å²) < 4.78 is 25.2. The molecule has 5 aromatic carbocycles. The largest absolute Gasteiger partial charge is 0.497 e. The summed E-state index contributed by atoms with van der Waals surface area (Å²) in [6.45, 7) is 9.95. The smallest absolute Gasteiger partial charge is 0.178 e. The van der Waals surface area contributed by atoms with Gasteiger partial charge in [0.1, 0.15) is 23.0 Å². The van der Waals surface area contributed by atoms with Gasteiger partial charge in [-0.25, -0.2) is 0 Å². The molecule has 0 aromatic heterocycles. The number of benzene rings is 5. The van der Waals surface area contributed by atoms with Crippen LogP contribution in [0.3, 0.4) is 0 Å². The van der Waals surface area contributed by atoms with Crippen LogP contribution in [0.5, 0.6) is 23.0 Å². The maximum Gasteiger partial charge on any atom is 0.178 e. The minimum atomic E-state index is -0.889. The molecular formula is C48H50O4. The molecule has 0 N–H and O–H groups in total. The van der Waals surface area contributed by atoms with Crippen LogP contribution in [0.4, 0.5) is 0 Å². The van der Waals surface area contributed by atoms with E-state index in [1.165, 1.54) is 63.6 Å². The zero-order chi connectivity index (χ0) is 36.0. The van der Waals surface area contributed by atoms with Gasteiger partial charge in [0.2, 0.25) is 0 Å². The molecule has 4 aliphatic rings. The van der Waals surface area contributed by atoms with Gasteiger partial charge in [-0.05, 0) is 131 Å². The predicted molar refractivity (Wildman–Crippen MR) is 211 cm³/mol. The third-order valence-electron chi connectivity index (χ3n) is 12.6. The molecule has 1 aliphatic heterocycles. The Morgan fingerprint density at radius 3 is 1.85 bits per heavy atom. The standard InChI is InChI=1S/C48H50O4/c1-45(2)27-46(3,4)29-47(28-45)39-15-11-10-14-36(39)42-41-35-13-9-8-12-34(35)40(51-7)26-38(41)44-37(43(42)47)24-25-48(52-44,30-16-20-32(49-5)21-17-30)31-18-22-33(50-6)23-19-31/h10-11,14-26H,8-9,12-13,27-29H2,1-7H3. The summed E-state index contributed by atoms with van der Waals surface area (Å²) in [6.07, 6.45) is 12.5. The van der Waals surface area contributed by atoms with Crippen LogP contribution in [0.15, 0.2) is 84.9 Å². The number of rotatable bonds is 5. The predicted octanol–water partition coefficient (Wildman–Crippen LogP) is 11.6. The van der Waals surface area contributed by atoms with Crippen molar-refractivity contribution >= 4 is 16.8 Å². The quantitative estimate of drug-likeness (QED) is 0.184. The highest BCUT2D eigenvalue weighted by Crippen LogP contribution is 2.67. The van der Waals surface area contributed by atoms with Gasteiger partial charge in [-0.2, -0.15) is 0 Å². The fraction of sp³-hybridized carbons (Fsp3) is 0.375. The summed E-state index contributed by atoms with van der Waals surface area (Å²) in [5.41, 5.74) is 11.1. The molecule has 4 heteroatoms. The van der Waals surface area contributed by atoms with Crippen molar-refractivity contribution in [3.05, 3.63) is 124 Å². The molecule has 0 bridgehead atoms. The van der Waals surface area contributed by atoms with E-state index in [-0.39, 0.29) is 16.2 Å². The first-order chi connectivity index (χ1) is 25.0. The van der Waals surface area contributed by atoms with Crippen molar-refractivity contribution in [1.82, 2.24) is 0 Å². The van der Waals surface area contributed by atoms with Crippen LogP contribution in [0.1, 0.15) is 98.7 Å². The van der Waals surface area contributed by atoms with E-state index in [0.717, 1.165) is 65.2 Å². The van der Waals surface area contributed by atoms with Gasteiger partial charge in [0.15, 0.2) is 5.60 Å². The van der Waals surface area contributed by atoms with Gasteiger partial charge < -0.3 is 18.9 Å². The first-order valence-corrected chi connectivity index (χ1v) is 19.0.